The molecule has 3 aromatic heterocycles. The number of nitrogens with one attached hydrogen (secondary N) is 1. The lowest BCUT2D eigenvalue weighted by atomic mass is 9.96. The van der Waals surface area contributed by atoms with Crippen LogP contribution in [0.5, 0.6) is 0 Å². The summed E-state index contributed by atoms with van der Waals surface area (Å²) in [4.78, 5) is 0.237. The van der Waals surface area contributed by atoms with Crippen molar-refractivity contribution in [3.05, 3.63) is 30.4 Å². The highest BCUT2D eigenvalue weighted by Gasteiger charge is 2.30. The zero-order valence-corrected chi connectivity index (χ0v) is 17.9. The van der Waals surface area contributed by atoms with Crippen molar-refractivity contribution in [2.45, 2.75) is 50.0 Å². The molecule has 0 atom stereocenters. The Morgan fingerprint density at radius 2 is 1.86 bits per heavy atom. The minimum Gasteiger partial charge on any atom is -0.366 e. The number of hydrogen-bond acceptors (Lipinski definition) is 7. The van der Waals surface area contributed by atoms with Crippen LogP contribution >= 0.6 is 0 Å². The van der Waals surface area contributed by atoms with Gasteiger partial charge in [0, 0.05) is 37.8 Å². The van der Waals surface area contributed by atoms with Gasteiger partial charge in [-0.1, -0.05) is 20.8 Å². The summed E-state index contributed by atoms with van der Waals surface area (Å²) in [5.74, 6) is 1.53. The Balaban J connectivity index is 1.45. The second-order valence-electron chi connectivity index (χ2n) is 8.43. The first kappa shape index (κ1) is 19.8. The Bertz CT molecular complexity index is 1120. The molecule has 156 valence electrons. The summed E-state index contributed by atoms with van der Waals surface area (Å²) < 4.78 is 30.3. The molecule has 4 rings (SSSR count). The lowest BCUT2D eigenvalue weighted by Crippen LogP contribution is -2.42. The summed E-state index contributed by atoms with van der Waals surface area (Å²) >= 11 is 0. The minimum atomic E-state index is -3.49. The van der Waals surface area contributed by atoms with Gasteiger partial charge < -0.3 is 5.32 Å². The van der Waals surface area contributed by atoms with Gasteiger partial charge in [0.15, 0.2) is 11.5 Å². The van der Waals surface area contributed by atoms with Crippen LogP contribution in [0.15, 0.2) is 29.4 Å². The number of anilines is 1. The maximum atomic E-state index is 12.7. The van der Waals surface area contributed by atoms with E-state index in [1.165, 1.54) is 21.4 Å². The SMILES string of the molecule is Cn1cc(S(=O)(=O)N2CCC(Nc3ccc4nnc(C(C)(C)C)n4n3)CC2)cn1. The fourth-order valence-electron chi connectivity index (χ4n) is 3.46. The third-order valence-corrected chi connectivity index (χ3v) is 6.91. The summed E-state index contributed by atoms with van der Waals surface area (Å²) in [7, 11) is -1.79. The van der Waals surface area contributed by atoms with E-state index in [1.54, 1.807) is 11.6 Å². The number of hydrogen-bond donors (Lipinski definition) is 1. The molecule has 11 heteroatoms. The molecule has 0 unspecified atom stereocenters. The molecule has 4 heterocycles. The van der Waals surface area contributed by atoms with Crippen molar-refractivity contribution in [1.29, 1.82) is 0 Å². The van der Waals surface area contributed by atoms with Gasteiger partial charge in [-0.15, -0.1) is 15.3 Å². The van der Waals surface area contributed by atoms with E-state index in [0.717, 1.165) is 11.6 Å². The minimum absolute atomic E-state index is 0.148. The summed E-state index contributed by atoms with van der Waals surface area (Å²) in [6, 6.07) is 3.92. The second-order valence-corrected chi connectivity index (χ2v) is 10.4. The second kappa shape index (κ2) is 7.06. The predicted octanol–water partition coefficient (Wildman–Crippen LogP) is 1.42. The van der Waals surface area contributed by atoms with E-state index >= 15 is 0 Å². The van der Waals surface area contributed by atoms with Gasteiger partial charge in [-0.3, -0.25) is 4.68 Å². The van der Waals surface area contributed by atoms with Gasteiger partial charge in [-0.2, -0.15) is 13.9 Å². The summed E-state index contributed by atoms with van der Waals surface area (Å²) in [6.07, 6.45) is 4.33. The molecule has 10 nitrogen and oxygen atoms in total. The zero-order valence-electron chi connectivity index (χ0n) is 17.1. The van der Waals surface area contributed by atoms with E-state index in [9.17, 15) is 8.42 Å². The Morgan fingerprint density at radius 1 is 1.14 bits per heavy atom. The number of nitrogens with zero attached hydrogens (tertiary/aromatic N) is 7. The molecule has 0 aliphatic carbocycles. The molecular formula is C18H26N8O2S. The molecule has 0 amide bonds. The van der Waals surface area contributed by atoms with Crippen LogP contribution in [-0.4, -0.2) is 61.4 Å². The molecule has 0 radical (unpaired) electrons. The molecule has 1 N–H and O–H groups in total. The lowest BCUT2D eigenvalue weighted by molar-refractivity contribution is 0.329. The van der Waals surface area contributed by atoms with Gasteiger partial charge >= 0.3 is 0 Å². The number of rotatable bonds is 4. The van der Waals surface area contributed by atoms with Crippen molar-refractivity contribution >= 4 is 21.5 Å². The molecule has 1 fully saturated rings. The monoisotopic (exact) mass is 418 g/mol. The van der Waals surface area contributed by atoms with Gasteiger partial charge in [0.1, 0.15) is 10.7 Å². The van der Waals surface area contributed by atoms with E-state index < -0.39 is 10.0 Å². The average Bonchev–Trinajstić information content (AvgIpc) is 3.28. The van der Waals surface area contributed by atoms with E-state index in [1.807, 2.05) is 12.1 Å². The van der Waals surface area contributed by atoms with Crippen LogP contribution in [0.1, 0.15) is 39.4 Å². The Morgan fingerprint density at radius 3 is 2.48 bits per heavy atom. The Labute approximate surface area is 170 Å². The van der Waals surface area contributed by atoms with Crippen LogP contribution in [0.3, 0.4) is 0 Å². The zero-order chi connectivity index (χ0) is 20.8. The van der Waals surface area contributed by atoms with Crippen LogP contribution in [-0.2, 0) is 22.5 Å². The van der Waals surface area contributed by atoms with Crippen molar-refractivity contribution < 1.29 is 8.42 Å². The fourth-order valence-corrected chi connectivity index (χ4v) is 4.92. The van der Waals surface area contributed by atoms with E-state index in [0.29, 0.717) is 31.6 Å². The first-order valence-corrected chi connectivity index (χ1v) is 11.1. The van der Waals surface area contributed by atoms with Gasteiger partial charge in [-0.25, -0.2) is 8.42 Å². The van der Waals surface area contributed by atoms with Crippen LogP contribution in [0.25, 0.3) is 5.65 Å². The highest BCUT2D eigenvalue weighted by molar-refractivity contribution is 7.89. The first-order valence-electron chi connectivity index (χ1n) is 9.63. The number of fused-ring (bicyclic) bond motifs is 1. The smallest absolute Gasteiger partial charge is 0.246 e. The highest BCUT2D eigenvalue weighted by Crippen LogP contribution is 2.23. The van der Waals surface area contributed by atoms with E-state index in [-0.39, 0.29) is 16.4 Å². The average molecular weight is 419 g/mol. The third-order valence-electron chi connectivity index (χ3n) is 5.06. The van der Waals surface area contributed by atoms with Gasteiger partial charge in [-0.05, 0) is 25.0 Å². The molecule has 0 bridgehead atoms. The number of piperidine rings is 1. The lowest BCUT2D eigenvalue weighted by Gasteiger charge is -2.31. The largest absolute Gasteiger partial charge is 0.366 e. The molecule has 1 saturated heterocycles. The predicted molar refractivity (Wildman–Crippen MR) is 108 cm³/mol. The van der Waals surface area contributed by atoms with E-state index in [4.69, 9.17) is 0 Å². The van der Waals surface area contributed by atoms with E-state index in [2.05, 4.69) is 46.5 Å². The fraction of sp³-hybridized carbons (Fsp3) is 0.556. The standard InChI is InChI=1S/C18H26N8O2S/c1-18(2,3)17-22-21-16-6-5-15(23-26(16)17)20-13-7-9-25(10-8-13)29(27,28)14-11-19-24(4)12-14/h5-6,11-13H,7-10H2,1-4H3,(H,20,23). The topological polar surface area (TPSA) is 110 Å². The van der Waals surface area contributed by atoms with Crippen LogP contribution in [0, 0.1) is 0 Å². The van der Waals surface area contributed by atoms with Crippen molar-refractivity contribution in [2.24, 2.45) is 7.05 Å². The Hall–Kier alpha value is -2.53. The van der Waals surface area contributed by atoms with Gasteiger partial charge in [0.25, 0.3) is 0 Å². The molecule has 3 aromatic rings. The van der Waals surface area contributed by atoms with Crippen LogP contribution < -0.4 is 5.32 Å². The maximum Gasteiger partial charge on any atom is 0.246 e. The molecule has 29 heavy (non-hydrogen) atoms. The number of sulfonamides is 1. The van der Waals surface area contributed by atoms with Gasteiger partial charge in [0.05, 0.1) is 6.20 Å². The van der Waals surface area contributed by atoms with Crippen molar-refractivity contribution in [2.75, 3.05) is 18.4 Å². The van der Waals surface area contributed by atoms with Crippen molar-refractivity contribution in [1.82, 2.24) is 33.9 Å². The summed E-state index contributed by atoms with van der Waals surface area (Å²) in [6.45, 7) is 7.13. The van der Waals surface area contributed by atoms with Gasteiger partial charge in [0.2, 0.25) is 10.0 Å². The first-order chi connectivity index (χ1) is 13.6. The normalized spacial score (nSPS) is 17.1. The number of aromatic nitrogens is 6. The van der Waals surface area contributed by atoms with Crippen LogP contribution in [0.4, 0.5) is 5.82 Å². The summed E-state index contributed by atoms with van der Waals surface area (Å²) in [5, 5.41) is 20.5. The molecule has 0 aromatic carbocycles. The molecule has 0 spiro atoms. The molecule has 1 aliphatic heterocycles. The number of aryl methyl sites for hydroxylation is 1. The molecular weight excluding hydrogens is 392 g/mol. The van der Waals surface area contributed by atoms with Crippen LogP contribution in [0.2, 0.25) is 0 Å². The van der Waals surface area contributed by atoms with Crippen molar-refractivity contribution in [3.63, 3.8) is 0 Å². The van der Waals surface area contributed by atoms with Crippen molar-refractivity contribution in [3.8, 4) is 0 Å². The molecule has 0 saturated carbocycles. The quantitative estimate of drug-likeness (QED) is 0.682. The maximum absolute atomic E-state index is 12.7. The summed E-state index contributed by atoms with van der Waals surface area (Å²) in [5.41, 5.74) is 0.537. The Kier molecular flexibility index (Phi) is 4.82. The third kappa shape index (κ3) is 3.84. The highest BCUT2D eigenvalue weighted by atomic mass is 32.2. The molecule has 1 aliphatic rings.